The van der Waals surface area contributed by atoms with E-state index >= 15 is 0 Å². The second-order valence-corrected chi connectivity index (χ2v) is 7.64. The predicted molar refractivity (Wildman–Crippen MR) is 111 cm³/mol. The molecule has 0 fully saturated rings. The van der Waals surface area contributed by atoms with Gasteiger partial charge in [0.2, 0.25) is 0 Å². The first-order valence-electron chi connectivity index (χ1n) is 9.49. The topological polar surface area (TPSA) is 40.1 Å². The summed E-state index contributed by atoms with van der Waals surface area (Å²) in [6.45, 7) is 4.27. The molecule has 0 saturated carbocycles. The number of fused-ring (bicyclic) bond motifs is 5. The van der Waals surface area contributed by atoms with Crippen LogP contribution in [0.25, 0.3) is 21.9 Å². The van der Waals surface area contributed by atoms with Crippen molar-refractivity contribution in [1.29, 1.82) is 0 Å². The Morgan fingerprint density at radius 2 is 1.52 bits per heavy atom. The van der Waals surface area contributed by atoms with E-state index < -0.39 is 5.97 Å². The van der Waals surface area contributed by atoms with E-state index in [4.69, 9.17) is 0 Å². The number of carboxylic acid groups (broad SMARTS) is 1. The monoisotopic (exact) mass is 370 g/mol. The molecule has 0 N–H and O–H groups in total. The van der Waals surface area contributed by atoms with E-state index in [1.807, 2.05) is 12.1 Å². The van der Waals surface area contributed by atoms with Gasteiger partial charge in [0.05, 0.1) is 5.97 Å². The Balaban J connectivity index is 0.00000205. The fourth-order valence-corrected chi connectivity index (χ4v) is 4.60. The molecule has 0 saturated heterocycles. The zero-order valence-corrected chi connectivity index (χ0v) is 16.8. The standard InChI is InChI=1S/C26H20O2.Li/c1-15-7-12-21-22(13-15)24(17-8-10-18(11-9-17)26(27)28)23-14-16(2)19-5-3-4-6-20(19)25(21)23;/h3-14,24H,1-2H3,(H,27,28);/q;+1/p-1. The Kier molecular flexibility index (Phi) is 4.87. The van der Waals surface area contributed by atoms with E-state index in [9.17, 15) is 9.90 Å². The van der Waals surface area contributed by atoms with Gasteiger partial charge in [-0.1, -0.05) is 78.4 Å². The van der Waals surface area contributed by atoms with Crippen molar-refractivity contribution in [3.8, 4) is 11.1 Å². The molecule has 1 aliphatic rings. The van der Waals surface area contributed by atoms with E-state index in [2.05, 4.69) is 62.4 Å². The summed E-state index contributed by atoms with van der Waals surface area (Å²) in [5.74, 6) is -1.04. The SMILES string of the molecule is Cc1ccc2c(c1)C(c1ccc(C(=O)[O-])cc1)c1cc(C)c3ccccc3c1-2.[Li+]. The van der Waals surface area contributed by atoms with Gasteiger partial charge in [-0.15, -0.1) is 0 Å². The van der Waals surface area contributed by atoms with Gasteiger partial charge in [0.25, 0.3) is 0 Å². The third-order valence-corrected chi connectivity index (χ3v) is 5.86. The van der Waals surface area contributed by atoms with Gasteiger partial charge in [0.1, 0.15) is 0 Å². The fourth-order valence-electron chi connectivity index (χ4n) is 4.60. The van der Waals surface area contributed by atoms with Crippen LogP contribution in [-0.2, 0) is 0 Å². The minimum Gasteiger partial charge on any atom is -0.545 e. The summed E-state index contributed by atoms with van der Waals surface area (Å²) in [7, 11) is 0. The van der Waals surface area contributed by atoms with Crippen molar-refractivity contribution >= 4 is 16.7 Å². The average molecular weight is 370 g/mol. The molecule has 0 amide bonds. The predicted octanol–water partition coefficient (Wildman–Crippen LogP) is 1.98. The quantitative estimate of drug-likeness (QED) is 0.446. The molecule has 1 aliphatic carbocycles. The molecule has 136 valence electrons. The molecule has 1 atom stereocenters. The summed E-state index contributed by atoms with van der Waals surface area (Å²) < 4.78 is 0. The smallest absolute Gasteiger partial charge is 0.545 e. The molecule has 0 heterocycles. The van der Waals surface area contributed by atoms with Crippen LogP contribution in [0.2, 0.25) is 0 Å². The van der Waals surface area contributed by atoms with E-state index in [-0.39, 0.29) is 30.3 Å². The van der Waals surface area contributed by atoms with Crippen molar-refractivity contribution in [3.05, 3.63) is 106 Å². The molecular formula is C26H19LiO2. The van der Waals surface area contributed by atoms with Gasteiger partial charge in [0, 0.05) is 5.92 Å². The zero-order valence-electron chi connectivity index (χ0n) is 16.8. The van der Waals surface area contributed by atoms with Gasteiger partial charge in [-0.2, -0.15) is 0 Å². The van der Waals surface area contributed by atoms with Crippen molar-refractivity contribution in [2.45, 2.75) is 19.8 Å². The Bertz CT molecular complexity index is 1260. The van der Waals surface area contributed by atoms with Crippen LogP contribution in [0.4, 0.5) is 0 Å². The van der Waals surface area contributed by atoms with Crippen molar-refractivity contribution in [1.82, 2.24) is 0 Å². The molecule has 29 heavy (non-hydrogen) atoms. The molecule has 2 nitrogen and oxygen atoms in total. The van der Waals surface area contributed by atoms with Crippen molar-refractivity contribution < 1.29 is 28.8 Å². The van der Waals surface area contributed by atoms with E-state index in [0.717, 1.165) is 5.56 Å². The molecule has 5 rings (SSSR count). The molecular weight excluding hydrogens is 351 g/mol. The number of rotatable bonds is 2. The van der Waals surface area contributed by atoms with Crippen molar-refractivity contribution in [2.75, 3.05) is 0 Å². The van der Waals surface area contributed by atoms with Crippen LogP contribution in [0.3, 0.4) is 0 Å². The van der Waals surface area contributed by atoms with Crippen molar-refractivity contribution in [2.24, 2.45) is 0 Å². The van der Waals surface area contributed by atoms with Crippen LogP contribution in [0, 0.1) is 13.8 Å². The molecule has 1 unspecified atom stereocenters. The largest absolute Gasteiger partial charge is 1.00 e. The number of carbonyl (C=O) groups excluding carboxylic acids is 1. The van der Waals surface area contributed by atoms with Crippen LogP contribution in [-0.4, -0.2) is 5.97 Å². The van der Waals surface area contributed by atoms with Gasteiger partial charge >= 0.3 is 18.9 Å². The third-order valence-electron chi connectivity index (χ3n) is 5.86. The molecule has 3 heteroatoms. The summed E-state index contributed by atoms with van der Waals surface area (Å²) in [5, 5.41) is 13.7. The maximum Gasteiger partial charge on any atom is 1.00 e. The maximum absolute atomic E-state index is 11.2. The second kappa shape index (κ2) is 7.23. The molecule has 0 radical (unpaired) electrons. The molecule has 0 bridgehead atoms. The van der Waals surface area contributed by atoms with Gasteiger partial charge in [-0.3, -0.25) is 0 Å². The number of benzene rings is 4. The molecule has 4 aromatic rings. The molecule has 4 aromatic carbocycles. The Morgan fingerprint density at radius 1 is 0.828 bits per heavy atom. The number of aryl methyl sites for hydroxylation is 2. The first-order valence-corrected chi connectivity index (χ1v) is 9.49. The third kappa shape index (κ3) is 3.01. The summed E-state index contributed by atoms with van der Waals surface area (Å²) in [4.78, 5) is 11.2. The Hall–Kier alpha value is -2.79. The zero-order chi connectivity index (χ0) is 19.4. The van der Waals surface area contributed by atoms with Gasteiger partial charge in [-0.05, 0) is 63.6 Å². The summed E-state index contributed by atoms with van der Waals surface area (Å²) in [6.07, 6.45) is 0. The van der Waals surface area contributed by atoms with Crippen LogP contribution in [0.5, 0.6) is 0 Å². The minimum atomic E-state index is -1.14. The average Bonchev–Trinajstić information content (AvgIpc) is 3.01. The Morgan fingerprint density at radius 3 is 2.21 bits per heavy atom. The van der Waals surface area contributed by atoms with Crippen molar-refractivity contribution in [3.63, 3.8) is 0 Å². The number of aromatic carboxylic acids is 1. The number of hydrogen-bond acceptors (Lipinski definition) is 2. The van der Waals surface area contributed by atoms with Crippen LogP contribution in [0.1, 0.15) is 44.1 Å². The van der Waals surface area contributed by atoms with E-state index in [0.29, 0.717) is 0 Å². The summed E-state index contributed by atoms with van der Waals surface area (Å²) >= 11 is 0. The molecule has 0 aliphatic heterocycles. The van der Waals surface area contributed by atoms with Crippen LogP contribution >= 0.6 is 0 Å². The van der Waals surface area contributed by atoms with Crippen LogP contribution < -0.4 is 24.0 Å². The number of carbonyl (C=O) groups is 1. The second-order valence-electron chi connectivity index (χ2n) is 7.64. The fraction of sp³-hybridized carbons (Fsp3) is 0.115. The first-order chi connectivity index (χ1) is 13.5. The number of carboxylic acids is 1. The van der Waals surface area contributed by atoms with Crippen LogP contribution in [0.15, 0.2) is 72.8 Å². The van der Waals surface area contributed by atoms with E-state index in [1.54, 1.807) is 12.1 Å². The maximum atomic E-state index is 11.2. The minimum absolute atomic E-state index is 0. The summed E-state index contributed by atoms with van der Waals surface area (Å²) in [6, 6.07) is 24.6. The van der Waals surface area contributed by atoms with Gasteiger partial charge < -0.3 is 9.90 Å². The molecule has 0 spiro atoms. The normalized spacial score (nSPS) is 14.2. The first kappa shape index (κ1) is 19.5. The summed E-state index contributed by atoms with van der Waals surface area (Å²) in [5.41, 5.74) is 8.94. The Labute approximate surface area is 182 Å². The molecule has 0 aromatic heterocycles. The van der Waals surface area contributed by atoms with Gasteiger partial charge in [-0.25, -0.2) is 0 Å². The van der Waals surface area contributed by atoms with E-state index in [1.165, 1.54) is 44.2 Å². The number of hydrogen-bond donors (Lipinski definition) is 0. The van der Waals surface area contributed by atoms with Gasteiger partial charge in [0.15, 0.2) is 0 Å².